The number of hydrogen-bond acceptors (Lipinski definition) is 5. The molecule has 1 aromatic heterocycles. The van der Waals surface area contributed by atoms with Crippen molar-refractivity contribution in [3.8, 4) is 0 Å². The molecule has 29 heavy (non-hydrogen) atoms. The summed E-state index contributed by atoms with van der Waals surface area (Å²) in [6.07, 6.45) is -0.297. The summed E-state index contributed by atoms with van der Waals surface area (Å²) in [5, 5.41) is 0. The molecule has 0 aliphatic carbocycles. The fourth-order valence-corrected chi connectivity index (χ4v) is 2.81. The van der Waals surface area contributed by atoms with E-state index in [-0.39, 0.29) is 23.9 Å². The van der Waals surface area contributed by atoms with Crippen LogP contribution in [0.1, 0.15) is 51.5 Å². The van der Waals surface area contributed by atoms with Crippen molar-refractivity contribution in [2.75, 3.05) is 13.7 Å². The van der Waals surface area contributed by atoms with Crippen LogP contribution in [0.2, 0.25) is 0 Å². The van der Waals surface area contributed by atoms with Gasteiger partial charge in [0.2, 0.25) is 0 Å². The largest absolute Gasteiger partial charge is 0.459 e. The third-order valence-electron chi connectivity index (χ3n) is 4.31. The molecular formula is C21H25FN2O5. The second-order valence-electron chi connectivity index (χ2n) is 7.00. The molecule has 2 aromatic rings. The van der Waals surface area contributed by atoms with Gasteiger partial charge in [0, 0.05) is 24.8 Å². The number of aromatic amines is 1. The van der Waals surface area contributed by atoms with Crippen molar-refractivity contribution in [2.24, 2.45) is 0 Å². The summed E-state index contributed by atoms with van der Waals surface area (Å²) in [5.41, 5.74) is 1.59. The molecule has 0 spiro atoms. The van der Waals surface area contributed by atoms with Gasteiger partial charge in [0.15, 0.2) is 6.61 Å². The molecule has 0 saturated heterocycles. The summed E-state index contributed by atoms with van der Waals surface area (Å²) in [4.78, 5) is 40.9. The molecular weight excluding hydrogens is 379 g/mol. The third kappa shape index (κ3) is 5.43. The number of nitrogens with one attached hydrogen (secondary N) is 1. The van der Waals surface area contributed by atoms with Gasteiger partial charge in [-0.25, -0.2) is 14.0 Å². The summed E-state index contributed by atoms with van der Waals surface area (Å²) >= 11 is 0. The van der Waals surface area contributed by atoms with E-state index < -0.39 is 30.3 Å². The Morgan fingerprint density at radius 3 is 2.41 bits per heavy atom. The lowest BCUT2D eigenvalue weighted by Crippen LogP contribution is -2.31. The number of carbonyl (C=O) groups is 3. The number of esters is 2. The topological polar surface area (TPSA) is 88.7 Å². The Bertz CT molecular complexity index is 920. The van der Waals surface area contributed by atoms with Crippen LogP contribution in [0.15, 0.2) is 24.3 Å². The molecule has 1 amide bonds. The van der Waals surface area contributed by atoms with Gasteiger partial charge < -0.3 is 19.4 Å². The van der Waals surface area contributed by atoms with Crippen LogP contribution < -0.4 is 0 Å². The Hall–Kier alpha value is -3.16. The van der Waals surface area contributed by atoms with E-state index in [0.29, 0.717) is 16.8 Å². The zero-order valence-electron chi connectivity index (χ0n) is 17.2. The minimum Gasteiger partial charge on any atom is -0.459 e. The normalized spacial score (nSPS) is 10.7. The first-order valence-corrected chi connectivity index (χ1v) is 9.16. The zero-order valence-corrected chi connectivity index (χ0v) is 17.2. The number of hydrogen-bond donors (Lipinski definition) is 1. The van der Waals surface area contributed by atoms with E-state index in [1.807, 2.05) is 0 Å². The van der Waals surface area contributed by atoms with Gasteiger partial charge in [-0.3, -0.25) is 4.79 Å². The van der Waals surface area contributed by atoms with Crippen LogP contribution in [0.25, 0.3) is 0 Å². The van der Waals surface area contributed by atoms with Gasteiger partial charge in [0.05, 0.1) is 11.7 Å². The molecule has 0 unspecified atom stereocenters. The number of nitrogens with zero attached hydrogens (tertiary/aromatic N) is 1. The van der Waals surface area contributed by atoms with E-state index in [1.165, 1.54) is 18.0 Å². The first-order chi connectivity index (χ1) is 13.6. The van der Waals surface area contributed by atoms with Crippen molar-refractivity contribution in [3.63, 3.8) is 0 Å². The molecule has 0 fully saturated rings. The number of rotatable bonds is 7. The molecule has 1 N–H and O–H groups in total. The van der Waals surface area contributed by atoms with Crippen LogP contribution in [-0.2, 0) is 20.8 Å². The standard InChI is InChI=1S/C21H25FN2O5/c1-12(2)29-20(26)18-13(3)19(23-14(18)4)21(27)28-11-17(25)24(5)10-15-8-6-7-9-16(15)22/h6-9,12,23H,10-11H2,1-5H3. The van der Waals surface area contributed by atoms with Crippen molar-refractivity contribution < 1.29 is 28.2 Å². The van der Waals surface area contributed by atoms with Gasteiger partial charge in [-0.05, 0) is 39.3 Å². The predicted molar refractivity (Wildman–Crippen MR) is 104 cm³/mol. The number of amides is 1. The minimum atomic E-state index is -0.762. The molecule has 0 radical (unpaired) electrons. The first kappa shape index (κ1) is 22.1. The lowest BCUT2D eigenvalue weighted by atomic mass is 10.1. The molecule has 0 atom stereocenters. The van der Waals surface area contributed by atoms with E-state index >= 15 is 0 Å². The van der Waals surface area contributed by atoms with Crippen molar-refractivity contribution in [1.82, 2.24) is 9.88 Å². The number of carbonyl (C=O) groups excluding carboxylic acids is 3. The minimum absolute atomic E-state index is 0.0505. The Balaban J connectivity index is 2.01. The molecule has 0 aliphatic heterocycles. The number of halogens is 1. The average Bonchev–Trinajstić information content (AvgIpc) is 2.95. The maximum absolute atomic E-state index is 13.7. The SMILES string of the molecule is Cc1[nH]c(C(=O)OCC(=O)N(C)Cc2ccccc2F)c(C)c1C(=O)OC(C)C. The Labute approximate surface area is 168 Å². The smallest absolute Gasteiger partial charge is 0.355 e. The monoisotopic (exact) mass is 404 g/mol. The zero-order chi connectivity index (χ0) is 21.7. The van der Waals surface area contributed by atoms with E-state index in [0.717, 1.165) is 0 Å². The highest BCUT2D eigenvalue weighted by Crippen LogP contribution is 2.20. The number of ether oxygens (including phenoxy) is 2. The van der Waals surface area contributed by atoms with Crippen molar-refractivity contribution in [1.29, 1.82) is 0 Å². The number of aryl methyl sites for hydroxylation is 1. The molecule has 7 nitrogen and oxygen atoms in total. The summed E-state index contributed by atoms with van der Waals surface area (Å²) in [7, 11) is 1.49. The summed E-state index contributed by atoms with van der Waals surface area (Å²) < 4.78 is 24.0. The first-order valence-electron chi connectivity index (χ1n) is 9.16. The van der Waals surface area contributed by atoms with Gasteiger partial charge in [0.25, 0.3) is 5.91 Å². The van der Waals surface area contributed by atoms with Gasteiger partial charge in [0.1, 0.15) is 11.5 Å². The Kier molecular flexibility index (Phi) is 7.14. The van der Waals surface area contributed by atoms with Gasteiger partial charge in [-0.2, -0.15) is 0 Å². The summed E-state index contributed by atoms with van der Waals surface area (Å²) in [6, 6.07) is 6.13. The molecule has 0 bridgehead atoms. The number of likely N-dealkylation sites (N-methyl/N-ethyl adjacent to an activating group) is 1. The molecule has 1 aromatic carbocycles. The molecule has 156 valence electrons. The van der Waals surface area contributed by atoms with E-state index in [2.05, 4.69) is 4.98 Å². The van der Waals surface area contributed by atoms with Gasteiger partial charge >= 0.3 is 11.9 Å². The quantitative estimate of drug-likeness (QED) is 0.716. The van der Waals surface area contributed by atoms with Crippen LogP contribution in [0.3, 0.4) is 0 Å². The van der Waals surface area contributed by atoms with Crippen LogP contribution >= 0.6 is 0 Å². The molecule has 0 saturated carbocycles. The molecule has 1 heterocycles. The van der Waals surface area contributed by atoms with Gasteiger partial charge in [-0.15, -0.1) is 0 Å². The van der Waals surface area contributed by atoms with E-state index in [9.17, 15) is 18.8 Å². The third-order valence-corrected chi connectivity index (χ3v) is 4.31. The molecule has 8 heteroatoms. The number of benzene rings is 1. The lowest BCUT2D eigenvalue weighted by molar-refractivity contribution is -0.133. The number of H-pyrrole nitrogens is 1. The van der Waals surface area contributed by atoms with E-state index in [1.54, 1.807) is 45.9 Å². The Morgan fingerprint density at radius 1 is 1.14 bits per heavy atom. The van der Waals surface area contributed by atoms with Crippen LogP contribution in [0.5, 0.6) is 0 Å². The highest BCUT2D eigenvalue weighted by Gasteiger charge is 2.25. The van der Waals surface area contributed by atoms with Gasteiger partial charge in [-0.1, -0.05) is 18.2 Å². The summed E-state index contributed by atoms with van der Waals surface area (Å²) in [6.45, 7) is 6.25. The fraction of sp³-hybridized carbons (Fsp3) is 0.381. The highest BCUT2D eigenvalue weighted by atomic mass is 19.1. The van der Waals surface area contributed by atoms with Crippen molar-refractivity contribution in [3.05, 3.63) is 58.2 Å². The second kappa shape index (κ2) is 9.36. The average molecular weight is 404 g/mol. The molecule has 2 rings (SSSR count). The fourth-order valence-electron chi connectivity index (χ4n) is 2.81. The Morgan fingerprint density at radius 2 is 1.79 bits per heavy atom. The van der Waals surface area contributed by atoms with Crippen molar-refractivity contribution in [2.45, 2.75) is 40.3 Å². The van der Waals surface area contributed by atoms with Crippen LogP contribution in [0, 0.1) is 19.7 Å². The van der Waals surface area contributed by atoms with E-state index in [4.69, 9.17) is 9.47 Å². The maximum Gasteiger partial charge on any atom is 0.355 e. The molecule has 0 aliphatic rings. The van der Waals surface area contributed by atoms with Crippen molar-refractivity contribution >= 4 is 17.8 Å². The second-order valence-corrected chi connectivity index (χ2v) is 7.00. The number of aromatic nitrogens is 1. The van der Waals surface area contributed by atoms with Crippen LogP contribution in [0.4, 0.5) is 4.39 Å². The maximum atomic E-state index is 13.7. The lowest BCUT2D eigenvalue weighted by Gasteiger charge is -2.17. The predicted octanol–water partition coefficient (Wildman–Crippen LogP) is 3.15. The summed E-state index contributed by atoms with van der Waals surface area (Å²) in [5.74, 6) is -2.20. The highest BCUT2D eigenvalue weighted by molar-refractivity contribution is 5.99. The van der Waals surface area contributed by atoms with Crippen LogP contribution in [-0.4, -0.2) is 47.5 Å².